The largest absolute Gasteiger partial charge is 0.493 e. The minimum Gasteiger partial charge on any atom is -0.493 e. The summed E-state index contributed by atoms with van der Waals surface area (Å²) < 4.78 is 15.8. The lowest BCUT2D eigenvalue weighted by atomic mass is 10.0. The van der Waals surface area contributed by atoms with Crippen molar-refractivity contribution in [2.75, 3.05) is 19.5 Å². The average Bonchev–Trinajstić information content (AvgIpc) is 3.33. The van der Waals surface area contributed by atoms with Crippen molar-refractivity contribution >= 4 is 17.5 Å². The fraction of sp³-hybridized carbons (Fsp3) is 0.167. The predicted octanol–water partition coefficient (Wildman–Crippen LogP) is 4.21. The van der Waals surface area contributed by atoms with E-state index in [1.165, 1.54) is 13.4 Å². The summed E-state index contributed by atoms with van der Waals surface area (Å²) in [4.78, 5) is 24.7. The lowest BCUT2D eigenvalue weighted by Crippen LogP contribution is -2.23. The molecule has 160 valence electrons. The van der Waals surface area contributed by atoms with Gasteiger partial charge in [-0.3, -0.25) is 9.59 Å². The third-order valence-electron chi connectivity index (χ3n) is 4.59. The van der Waals surface area contributed by atoms with Crippen molar-refractivity contribution in [3.63, 3.8) is 0 Å². The fourth-order valence-corrected chi connectivity index (χ4v) is 3.07. The minimum absolute atomic E-state index is 0.235. The molecule has 2 aromatic carbocycles. The van der Waals surface area contributed by atoms with Crippen LogP contribution in [0.1, 0.15) is 32.0 Å². The van der Waals surface area contributed by atoms with E-state index >= 15 is 0 Å². The van der Waals surface area contributed by atoms with Crippen LogP contribution in [0.25, 0.3) is 0 Å². The molecule has 0 bridgehead atoms. The number of hydrogen-bond acceptors (Lipinski definition) is 5. The van der Waals surface area contributed by atoms with E-state index in [9.17, 15) is 9.59 Å². The van der Waals surface area contributed by atoms with Crippen LogP contribution >= 0.6 is 0 Å². The maximum absolute atomic E-state index is 12.7. The zero-order chi connectivity index (χ0) is 22.2. The molecule has 0 aliphatic heterocycles. The number of methoxy groups -OCH3 is 2. The van der Waals surface area contributed by atoms with E-state index in [0.29, 0.717) is 35.7 Å². The summed E-state index contributed by atoms with van der Waals surface area (Å²) in [5, 5.41) is 5.64. The minimum atomic E-state index is -0.324. The fourth-order valence-electron chi connectivity index (χ4n) is 3.07. The molecule has 2 amide bonds. The Hall–Kier alpha value is -4.00. The summed E-state index contributed by atoms with van der Waals surface area (Å²) in [6, 6.07) is 13.8. The zero-order valence-corrected chi connectivity index (χ0v) is 17.4. The van der Waals surface area contributed by atoms with Crippen molar-refractivity contribution in [2.24, 2.45) is 0 Å². The van der Waals surface area contributed by atoms with E-state index in [0.717, 1.165) is 11.1 Å². The first-order valence-electron chi connectivity index (χ1n) is 9.63. The van der Waals surface area contributed by atoms with Crippen LogP contribution in [-0.4, -0.2) is 26.0 Å². The van der Waals surface area contributed by atoms with Gasteiger partial charge in [0.25, 0.3) is 11.8 Å². The van der Waals surface area contributed by atoms with Crippen molar-refractivity contribution in [3.05, 3.63) is 89.9 Å². The van der Waals surface area contributed by atoms with Gasteiger partial charge < -0.3 is 24.5 Å². The van der Waals surface area contributed by atoms with Gasteiger partial charge in [-0.05, 0) is 48.4 Å². The number of benzene rings is 2. The smallest absolute Gasteiger partial charge is 0.291 e. The second-order valence-corrected chi connectivity index (χ2v) is 6.67. The molecule has 0 unspecified atom stereocenters. The number of anilines is 1. The molecule has 3 aromatic rings. The molecule has 7 heteroatoms. The van der Waals surface area contributed by atoms with Crippen LogP contribution in [-0.2, 0) is 13.0 Å². The van der Waals surface area contributed by atoms with Crippen LogP contribution in [0.2, 0.25) is 0 Å². The number of nitrogens with one attached hydrogen (secondary N) is 2. The second-order valence-electron chi connectivity index (χ2n) is 6.67. The normalized spacial score (nSPS) is 10.3. The molecule has 1 heterocycles. The molecular weight excluding hydrogens is 396 g/mol. The second kappa shape index (κ2) is 10.2. The first-order valence-corrected chi connectivity index (χ1v) is 9.63. The highest BCUT2D eigenvalue weighted by molar-refractivity contribution is 6.02. The standard InChI is InChI=1S/C24H24N2O5/c1-4-6-17-13-18(14-21(29-2)22(17)30-3)23(27)25-15-16-8-10-19(11-9-16)26-24(28)20-7-5-12-31-20/h4-5,7-14H,1,6,15H2,2-3H3,(H,25,27)(H,26,28). The van der Waals surface area contributed by atoms with Gasteiger partial charge in [-0.1, -0.05) is 18.2 Å². The zero-order valence-electron chi connectivity index (χ0n) is 17.4. The van der Waals surface area contributed by atoms with E-state index in [1.807, 2.05) is 12.1 Å². The lowest BCUT2D eigenvalue weighted by Gasteiger charge is -2.14. The molecule has 0 radical (unpaired) electrons. The van der Waals surface area contributed by atoms with E-state index in [1.54, 1.807) is 49.6 Å². The summed E-state index contributed by atoms with van der Waals surface area (Å²) in [5.74, 6) is 0.758. The monoisotopic (exact) mass is 420 g/mol. The molecule has 0 aliphatic carbocycles. The molecule has 0 fully saturated rings. The molecule has 2 N–H and O–H groups in total. The molecule has 1 aromatic heterocycles. The number of carbonyl (C=O) groups excluding carboxylic acids is 2. The quantitative estimate of drug-likeness (QED) is 0.506. The Morgan fingerprint density at radius 1 is 1.06 bits per heavy atom. The predicted molar refractivity (Wildman–Crippen MR) is 118 cm³/mol. The van der Waals surface area contributed by atoms with Gasteiger partial charge in [0.1, 0.15) is 0 Å². The molecule has 31 heavy (non-hydrogen) atoms. The highest BCUT2D eigenvalue weighted by atomic mass is 16.5. The van der Waals surface area contributed by atoms with Crippen LogP contribution in [0.4, 0.5) is 5.69 Å². The van der Waals surface area contributed by atoms with Gasteiger partial charge in [-0.25, -0.2) is 0 Å². The van der Waals surface area contributed by atoms with Gasteiger partial charge in [-0.15, -0.1) is 6.58 Å². The van der Waals surface area contributed by atoms with E-state index < -0.39 is 0 Å². The summed E-state index contributed by atoms with van der Waals surface area (Å²) in [7, 11) is 3.09. The van der Waals surface area contributed by atoms with Gasteiger partial charge in [0.15, 0.2) is 17.3 Å². The van der Waals surface area contributed by atoms with Crippen molar-refractivity contribution in [2.45, 2.75) is 13.0 Å². The molecular formula is C24H24N2O5. The highest BCUT2D eigenvalue weighted by Gasteiger charge is 2.15. The van der Waals surface area contributed by atoms with Crippen LogP contribution in [0.5, 0.6) is 11.5 Å². The summed E-state index contributed by atoms with van der Waals surface area (Å²) in [6.45, 7) is 4.08. The summed E-state index contributed by atoms with van der Waals surface area (Å²) >= 11 is 0. The molecule has 0 atom stereocenters. The van der Waals surface area contributed by atoms with Crippen molar-refractivity contribution in [1.29, 1.82) is 0 Å². The van der Waals surface area contributed by atoms with Gasteiger partial charge in [0.05, 0.1) is 20.5 Å². The number of hydrogen-bond donors (Lipinski definition) is 2. The van der Waals surface area contributed by atoms with Crippen LogP contribution in [0.15, 0.2) is 71.9 Å². The number of furan rings is 1. The molecule has 0 saturated carbocycles. The molecule has 0 saturated heterocycles. The van der Waals surface area contributed by atoms with Gasteiger partial charge in [0.2, 0.25) is 0 Å². The Morgan fingerprint density at radius 2 is 1.84 bits per heavy atom. The van der Waals surface area contributed by atoms with Crippen molar-refractivity contribution in [3.8, 4) is 11.5 Å². The number of amides is 2. The third-order valence-corrected chi connectivity index (χ3v) is 4.59. The summed E-state index contributed by atoms with van der Waals surface area (Å²) in [5.41, 5.74) is 2.80. The first-order chi connectivity index (χ1) is 15.0. The number of allylic oxidation sites excluding steroid dienone is 1. The Labute approximate surface area is 180 Å². The number of ether oxygens (including phenoxy) is 2. The Morgan fingerprint density at radius 3 is 2.45 bits per heavy atom. The van der Waals surface area contributed by atoms with Gasteiger partial charge in [0, 0.05) is 23.4 Å². The Bertz CT molecular complexity index is 1060. The van der Waals surface area contributed by atoms with E-state index in [4.69, 9.17) is 13.9 Å². The van der Waals surface area contributed by atoms with Gasteiger partial charge >= 0.3 is 0 Å². The summed E-state index contributed by atoms with van der Waals surface area (Å²) in [6.07, 6.45) is 3.73. The van der Waals surface area contributed by atoms with Gasteiger partial charge in [-0.2, -0.15) is 0 Å². The van der Waals surface area contributed by atoms with Crippen LogP contribution < -0.4 is 20.1 Å². The van der Waals surface area contributed by atoms with Crippen LogP contribution in [0.3, 0.4) is 0 Å². The maximum atomic E-state index is 12.7. The first kappa shape index (κ1) is 21.7. The molecule has 0 aliphatic rings. The topological polar surface area (TPSA) is 89.8 Å². The molecule has 3 rings (SSSR count). The average molecular weight is 420 g/mol. The Balaban J connectivity index is 1.64. The van der Waals surface area contributed by atoms with E-state index in [-0.39, 0.29) is 17.6 Å². The highest BCUT2D eigenvalue weighted by Crippen LogP contribution is 2.33. The molecule has 0 spiro atoms. The number of rotatable bonds is 9. The Kier molecular flexibility index (Phi) is 7.11. The van der Waals surface area contributed by atoms with Crippen molar-refractivity contribution < 1.29 is 23.5 Å². The van der Waals surface area contributed by atoms with Crippen LogP contribution in [0, 0.1) is 0 Å². The molecule has 7 nitrogen and oxygen atoms in total. The third kappa shape index (κ3) is 5.33. The lowest BCUT2D eigenvalue weighted by molar-refractivity contribution is 0.0949. The SMILES string of the molecule is C=CCc1cc(C(=O)NCc2ccc(NC(=O)c3ccco3)cc2)cc(OC)c1OC. The van der Waals surface area contributed by atoms with E-state index in [2.05, 4.69) is 17.2 Å². The van der Waals surface area contributed by atoms with Crippen molar-refractivity contribution in [1.82, 2.24) is 5.32 Å². The maximum Gasteiger partial charge on any atom is 0.291 e. The number of carbonyl (C=O) groups is 2.